The fourth-order valence-corrected chi connectivity index (χ4v) is 3.44. The fraction of sp³-hybridized carbons (Fsp3) is 0.150. The standard InChI is InChI=1S/C20H19N3O4S/c1-13(24)14-3-7-17(8-4-14)23-19(11-16(22-23)12-20(21)25)15-5-9-18(10-6-15)28(2,26)27/h3-11H,12H2,1-2H3,(H2,21,25). The molecule has 2 N–H and O–H groups in total. The van der Waals surface area contributed by atoms with Gasteiger partial charge in [0.25, 0.3) is 0 Å². The van der Waals surface area contributed by atoms with Crippen molar-refractivity contribution in [1.82, 2.24) is 9.78 Å². The number of nitrogens with two attached hydrogens (primary N) is 1. The number of carbonyl (C=O) groups is 2. The molecule has 2 aromatic carbocycles. The summed E-state index contributed by atoms with van der Waals surface area (Å²) in [6.45, 7) is 1.49. The van der Waals surface area contributed by atoms with Crippen molar-refractivity contribution in [2.45, 2.75) is 18.2 Å². The Hall–Kier alpha value is -3.26. The molecule has 8 heteroatoms. The number of primary amides is 1. The maximum absolute atomic E-state index is 11.7. The Morgan fingerprint density at radius 1 is 1.04 bits per heavy atom. The van der Waals surface area contributed by atoms with Gasteiger partial charge in [-0.15, -0.1) is 0 Å². The lowest BCUT2D eigenvalue weighted by Gasteiger charge is -2.09. The third kappa shape index (κ3) is 4.17. The molecule has 3 rings (SSSR count). The summed E-state index contributed by atoms with van der Waals surface area (Å²) in [7, 11) is -3.30. The highest BCUT2D eigenvalue weighted by molar-refractivity contribution is 7.90. The predicted molar refractivity (Wildman–Crippen MR) is 105 cm³/mol. The molecule has 1 aromatic heterocycles. The normalized spacial score (nSPS) is 11.4. The van der Waals surface area contributed by atoms with Gasteiger partial charge in [0.2, 0.25) is 5.91 Å². The molecule has 0 saturated carbocycles. The molecule has 1 heterocycles. The number of benzene rings is 2. The predicted octanol–water partition coefficient (Wildman–Crippen LogP) is 2.17. The van der Waals surface area contributed by atoms with Crippen LogP contribution in [0.25, 0.3) is 16.9 Å². The van der Waals surface area contributed by atoms with Crippen LogP contribution in [0, 0.1) is 0 Å². The van der Waals surface area contributed by atoms with Crippen molar-refractivity contribution in [3.05, 3.63) is 65.9 Å². The van der Waals surface area contributed by atoms with E-state index in [1.165, 1.54) is 19.1 Å². The molecule has 1 amide bonds. The highest BCUT2D eigenvalue weighted by atomic mass is 32.2. The summed E-state index contributed by atoms with van der Waals surface area (Å²) in [6.07, 6.45) is 1.13. The maximum atomic E-state index is 11.7. The molecular weight excluding hydrogens is 378 g/mol. The number of carbonyl (C=O) groups excluding carboxylic acids is 2. The second-order valence-corrected chi connectivity index (χ2v) is 8.49. The summed E-state index contributed by atoms with van der Waals surface area (Å²) in [6, 6.07) is 15.1. The van der Waals surface area contributed by atoms with Gasteiger partial charge in [-0.1, -0.05) is 12.1 Å². The fourth-order valence-electron chi connectivity index (χ4n) is 2.81. The smallest absolute Gasteiger partial charge is 0.223 e. The van der Waals surface area contributed by atoms with E-state index in [0.29, 0.717) is 22.6 Å². The number of hydrogen-bond acceptors (Lipinski definition) is 5. The van der Waals surface area contributed by atoms with E-state index in [2.05, 4.69) is 5.10 Å². The molecule has 0 radical (unpaired) electrons. The van der Waals surface area contributed by atoms with Crippen molar-refractivity contribution in [3.63, 3.8) is 0 Å². The van der Waals surface area contributed by atoms with E-state index < -0.39 is 15.7 Å². The van der Waals surface area contributed by atoms with Crippen molar-refractivity contribution < 1.29 is 18.0 Å². The zero-order valence-corrected chi connectivity index (χ0v) is 16.2. The van der Waals surface area contributed by atoms with E-state index in [1.807, 2.05) is 0 Å². The molecule has 0 bridgehead atoms. The third-order valence-corrected chi connectivity index (χ3v) is 5.34. The Labute approximate surface area is 162 Å². The lowest BCUT2D eigenvalue weighted by molar-refractivity contribution is -0.117. The van der Waals surface area contributed by atoms with Gasteiger partial charge in [-0.25, -0.2) is 13.1 Å². The van der Waals surface area contributed by atoms with Crippen molar-refractivity contribution in [1.29, 1.82) is 0 Å². The lowest BCUT2D eigenvalue weighted by Crippen LogP contribution is -2.14. The van der Waals surface area contributed by atoms with E-state index in [1.54, 1.807) is 47.1 Å². The van der Waals surface area contributed by atoms with Gasteiger partial charge in [0.1, 0.15) is 0 Å². The van der Waals surface area contributed by atoms with Gasteiger partial charge >= 0.3 is 0 Å². The average molecular weight is 397 g/mol. The summed E-state index contributed by atoms with van der Waals surface area (Å²) in [5.74, 6) is -0.548. The molecule has 28 heavy (non-hydrogen) atoms. The van der Waals surface area contributed by atoms with Gasteiger partial charge in [0.15, 0.2) is 15.6 Å². The Bertz CT molecular complexity index is 1150. The van der Waals surface area contributed by atoms with Crippen LogP contribution in [0.4, 0.5) is 0 Å². The minimum Gasteiger partial charge on any atom is -0.369 e. The molecule has 3 aromatic rings. The van der Waals surface area contributed by atoms with Gasteiger partial charge in [-0.05, 0) is 49.4 Å². The number of rotatable bonds is 6. The largest absolute Gasteiger partial charge is 0.369 e. The van der Waals surface area contributed by atoms with Crippen molar-refractivity contribution in [3.8, 4) is 16.9 Å². The molecule has 0 aliphatic heterocycles. The van der Waals surface area contributed by atoms with Crippen LogP contribution >= 0.6 is 0 Å². The summed E-state index contributed by atoms with van der Waals surface area (Å²) < 4.78 is 25.0. The first-order chi connectivity index (χ1) is 13.1. The first kappa shape index (κ1) is 19.5. The first-order valence-corrected chi connectivity index (χ1v) is 10.3. The number of sulfone groups is 1. The van der Waals surface area contributed by atoms with Crippen LogP contribution < -0.4 is 5.73 Å². The molecule has 0 unspecified atom stereocenters. The summed E-state index contributed by atoms with van der Waals surface area (Å²) >= 11 is 0. The summed E-state index contributed by atoms with van der Waals surface area (Å²) in [4.78, 5) is 23.0. The number of ketones is 1. The zero-order chi connectivity index (χ0) is 20.5. The minimum absolute atomic E-state index is 0.0209. The number of nitrogens with zero attached hydrogens (tertiary/aromatic N) is 2. The third-order valence-electron chi connectivity index (χ3n) is 4.21. The SMILES string of the molecule is CC(=O)c1ccc(-n2nc(CC(N)=O)cc2-c2ccc(S(C)(=O)=O)cc2)cc1. The van der Waals surface area contributed by atoms with E-state index in [4.69, 9.17) is 5.73 Å². The van der Waals surface area contributed by atoms with Crippen molar-refractivity contribution in [2.75, 3.05) is 6.26 Å². The number of Topliss-reactive ketones (excluding diaryl/α,β-unsaturated/α-hetero) is 1. The van der Waals surface area contributed by atoms with Crippen LogP contribution in [0.15, 0.2) is 59.5 Å². The Balaban J connectivity index is 2.10. The zero-order valence-electron chi connectivity index (χ0n) is 15.4. The maximum Gasteiger partial charge on any atom is 0.223 e. The van der Waals surface area contributed by atoms with Gasteiger partial charge in [0, 0.05) is 17.4 Å². The molecule has 7 nitrogen and oxygen atoms in total. The van der Waals surface area contributed by atoms with Crippen LogP contribution in [0.1, 0.15) is 23.0 Å². The monoisotopic (exact) mass is 397 g/mol. The molecule has 0 atom stereocenters. The Kier molecular flexibility index (Phi) is 5.15. The van der Waals surface area contributed by atoms with Gasteiger partial charge in [-0.2, -0.15) is 5.10 Å². The Morgan fingerprint density at radius 3 is 2.14 bits per heavy atom. The topological polar surface area (TPSA) is 112 Å². The van der Waals surface area contributed by atoms with Crippen LogP contribution in [0.5, 0.6) is 0 Å². The van der Waals surface area contributed by atoms with Crippen LogP contribution in [-0.4, -0.2) is 36.1 Å². The van der Waals surface area contributed by atoms with E-state index in [0.717, 1.165) is 11.8 Å². The van der Waals surface area contributed by atoms with Crippen molar-refractivity contribution in [2.24, 2.45) is 5.73 Å². The average Bonchev–Trinajstić information content (AvgIpc) is 3.04. The van der Waals surface area contributed by atoms with Gasteiger partial charge in [0.05, 0.1) is 28.4 Å². The molecule has 0 saturated heterocycles. The summed E-state index contributed by atoms with van der Waals surface area (Å²) in [5.41, 5.74) is 8.46. The number of aromatic nitrogens is 2. The molecule has 0 aliphatic rings. The summed E-state index contributed by atoms with van der Waals surface area (Å²) in [5, 5.41) is 4.46. The first-order valence-electron chi connectivity index (χ1n) is 8.44. The van der Waals surface area contributed by atoms with E-state index >= 15 is 0 Å². The van der Waals surface area contributed by atoms with Crippen LogP contribution in [0.2, 0.25) is 0 Å². The molecular formula is C20H19N3O4S. The van der Waals surface area contributed by atoms with Gasteiger partial charge < -0.3 is 5.73 Å². The van der Waals surface area contributed by atoms with Crippen LogP contribution in [-0.2, 0) is 21.1 Å². The van der Waals surface area contributed by atoms with Crippen molar-refractivity contribution >= 4 is 21.5 Å². The van der Waals surface area contributed by atoms with E-state index in [9.17, 15) is 18.0 Å². The second-order valence-electron chi connectivity index (χ2n) is 6.48. The number of hydrogen-bond donors (Lipinski definition) is 1. The minimum atomic E-state index is -3.30. The Morgan fingerprint density at radius 2 is 1.64 bits per heavy atom. The highest BCUT2D eigenvalue weighted by Gasteiger charge is 2.15. The lowest BCUT2D eigenvalue weighted by atomic mass is 10.1. The molecule has 0 aliphatic carbocycles. The highest BCUT2D eigenvalue weighted by Crippen LogP contribution is 2.26. The van der Waals surface area contributed by atoms with E-state index in [-0.39, 0.29) is 17.1 Å². The van der Waals surface area contributed by atoms with Crippen LogP contribution in [0.3, 0.4) is 0 Å². The quantitative estimate of drug-likeness (QED) is 0.641. The number of amides is 1. The second kappa shape index (κ2) is 7.40. The molecule has 0 spiro atoms. The molecule has 0 fully saturated rings. The molecule has 144 valence electrons. The van der Waals surface area contributed by atoms with Gasteiger partial charge in [-0.3, -0.25) is 9.59 Å².